The molecule has 0 aliphatic carbocycles. The van der Waals surface area contributed by atoms with Crippen molar-refractivity contribution in [3.8, 4) is 0 Å². The molecule has 0 aliphatic rings. The van der Waals surface area contributed by atoms with E-state index < -0.39 is 27.2 Å². The summed E-state index contributed by atoms with van der Waals surface area (Å²) in [4.78, 5) is 30.3. The van der Waals surface area contributed by atoms with Gasteiger partial charge in [0.15, 0.2) is 11.2 Å². The van der Waals surface area contributed by atoms with Crippen molar-refractivity contribution in [3.63, 3.8) is 0 Å². The highest BCUT2D eigenvalue weighted by atomic mass is 32.2. The predicted molar refractivity (Wildman–Crippen MR) is 118 cm³/mol. The van der Waals surface area contributed by atoms with E-state index in [1.807, 2.05) is 31.2 Å². The average molecular weight is 449 g/mol. The molecule has 0 amide bonds. The molecule has 3 rings (SSSR count). The van der Waals surface area contributed by atoms with E-state index in [0.29, 0.717) is 6.42 Å². The summed E-state index contributed by atoms with van der Waals surface area (Å²) in [5, 5.41) is 9.38. The molecule has 3 aromatic rings. The Morgan fingerprint density at radius 3 is 2.35 bits per heavy atom. The van der Waals surface area contributed by atoms with Crippen LogP contribution in [0.2, 0.25) is 0 Å². The van der Waals surface area contributed by atoms with Gasteiger partial charge in [0.2, 0.25) is 15.0 Å². The second-order valence-corrected chi connectivity index (χ2v) is 9.90. The summed E-state index contributed by atoms with van der Waals surface area (Å²) in [5.41, 5.74) is 0.740. The number of aliphatic hydroxyl groups is 1. The van der Waals surface area contributed by atoms with Gasteiger partial charge in [0.05, 0.1) is 18.4 Å². The molecule has 1 N–H and O–H groups in total. The minimum atomic E-state index is -3.77. The molecule has 2 heterocycles. The highest BCUT2D eigenvalue weighted by Gasteiger charge is 2.27. The summed E-state index contributed by atoms with van der Waals surface area (Å²) in [6.07, 6.45) is -0.0771. The molecule has 0 spiro atoms. The third-order valence-electron chi connectivity index (χ3n) is 5.18. The number of hydrogen-bond donors (Lipinski definition) is 1. The zero-order valence-electron chi connectivity index (χ0n) is 18.2. The van der Waals surface area contributed by atoms with E-state index in [1.54, 1.807) is 13.8 Å². The van der Waals surface area contributed by atoms with Crippen molar-refractivity contribution in [2.24, 2.45) is 7.05 Å². The van der Waals surface area contributed by atoms with Crippen LogP contribution < -0.4 is 11.2 Å². The first-order valence-electron chi connectivity index (χ1n) is 10.2. The lowest BCUT2D eigenvalue weighted by molar-refractivity contribution is 0.177. The molecule has 0 aliphatic heterocycles. The Balaban J connectivity index is 2.34. The third kappa shape index (κ3) is 4.49. The van der Waals surface area contributed by atoms with E-state index in [4.69, 9.17) is 0 Å². The molecule has 0 fully saturated rings. The number of aromatic nitrogens is 4. The van der Waals surface area contributed by atoms with Crippen molar-refractivity contribution >= 4 is 21.0 Å². The van der Waals surface area contributed by atoms with Gasteiger partial charge in [0.1, 0.15) is 0 Å². The second-order valence-electron chi connectivity index (χ2n) is 7.89. The number of sulfone groups is 1. The normalized spacial score (nSPS) is 13.1. The van der Waals surface area contributed by atoms with Crippen LogP contribution in [0.1, 0.15) is 37.8 Å². The van der Waals surface area contributed by atoms with Gasteiger partial charge < -0.3 is 9.67 Å². The summed E-state index contributed by atoms with van der Waals surface area (Å²) >= 11 is 0. The Kier molecular flexibility index (Phi) is 6.51. The van der Waals surface area contributed by atoms with E-state index in [0.717, 1.165) is 15.7 Å². The number of benzene rings is 1. The lowest BCUT2D eigenvalue weighted by atomic mass is 10.1. The zero-order chi connectivity index (χ0) is 22.9. The van der Waals surface area contributed by atoms with Gasteiger partial charge in [-0.15, -0.1) is 0 Å². The molecule has 1 unspecified atom stereocenters. The van der Waals surface area contributed by atoms with Gasteiger partial charge in [-0.1, -0.05) is 36.8 Å². The van der Waals surface area contributed by atoms with Crippen LogP contribution in [0.25, 0.3) is 11.2 Å². The first-order valence-corrected chi connectivity index (χ1v) is 11.9. The maximum absolute atomic E-state index is 13.3. The van der Waals surface area contributed by atoms with Crippen molar-refractivity contribution in [1.82, 2.24) is 18.7 Å². The number of aryl methyl sites for hydroxylation is 2. The Morgan fingerprint density at radius 1 is 1.13 bits per heavy atom. The lowest BCUT2D eigenvalue weighted by Gasteiger charge is -2.12. The maximum Gasteiger partial charge on any atom is 0.332 e. The van der Waals surface area contributed by atoms with Crippen LogP contribution in [-0.4, -0.2) is 44.1 Å². The van der Waals surface area contributed by atoms with Crippen LogP contribution in [0.15, 0.2) is 39.0 Å². The molecular weight excluding hydrogens is 420 g/mol. The molecule has 0 bridgehead atoms. The number of fused-ring (bicyclic) bond motifs is 1. The Morgan fingerprint density at radius 2 is 1.77 bits per heavy atom. The summed E-state index contributed by atoms with van der Waals surface area (Å²) in [6.45, 7) is 5.42. The minimum Gasteiger partial charge on any atom is -0.393 e. The summed E-state index contributed by atoms with van der Waals surface area (Å²) in [6, 6.07) is 7.55. The third-order valence-corrected chi connectivity index (χ3v) is 6.99. The van der Waals surface area contributed by atoms with Crippen LogP contribution >= 0.6 is 0 Å². The van der Waals surface area contributed by atoms with Gasteiger partial charge in [0.25, 0.3) is 5.56 Å². The van der Waals surface area contributed by atoms with E-state index in [1.165, 1.54) is 16.2 Å². The van der Waals surface area contributed by atoms with Crippen molar-refractivity contribution in [2.75, 3.05) is 5.75 Å². The number of rotatable bonds is 8. The monoisotopic (exact) mass is 448 g/mol. The molecule has 0 radical (unpaired) electrons. The van der Waals surface area contributed by atoms with Gasteiger partial charge in [-0.2, -0.15) is 4.98 Å². The Hall–Kier alpha value is -2.72. The van der Waals surface area contributed by atoms with E-state index in [-0.39, 0.29) is 41.6 Å². The molecule has 0 saturated carbocycles. The van der Waals surface area contributed by atoms with Gasteiger partial charge in [-0.25, -0.2) is 13.2 Å². The molecule has 1 atom stereocenters. The van der Waals surface area contributed by atoms with Gasteiger partial charge >= 0.3 is 5.69 Å². The molecule has 1 aromatic carbocycles. The minimum absolute atomic E-state index is 0.0197. The fourth-order valence-electron chi connectivity index (χ4n) is 3.48. The number of aliphatic hydroxyl groups excluding tert-OH is 1. The standard InChI is InChI=1S/C21H28N4O5S/c1-5-12-31(29,30)20-22-18-17(25(20)13-16-8-6-14(2)7-9-16)19(27)24(11-10-15(3)26)21(28)23(18)4/h6-9,15,26H,5,10-13H2,1-4H3. The topological polar surface area (TPSA) is 116 Å². The molecule has 2 aromatic heterocycles. The van der Waals surface area contributed by atoms with Crippen LogP contribution in [0, 0.1) is 6.92 Å². The van der Waals surface area contributed by atoms with Crippen LogP contribution in [0.3, 0.4) is 0 Å². The molecule has 10 heteroatoms. The number of hydrogen-bond acceptors (Lipinski definition) is 6. The quantitative estimate of drug-likeness (QED) is 0.554. The zero-order valence-corrected chi connectivity index (χ0v) is 19.0. The highest BCUT2D eigenvalue weighted by Crippen LogP contribution is 2.20. The van der Waals surface area contributed by atoms with Gasteiger partial charge in [-0.3, -0.25) is 13.9 Å². The molecular formula is C21H28N4O5S. The SMILES string of the molecule is CCCS(=O)(=O)c1nc2c(c(=O)n(CCC(C)O)c(=O)n2C)n1Cc1ccc(C)cc1. The van der Waals surface area contributed by atoms with Crippen molar-refractivity contribution in [1.29, 1.82) is 0 Å². The Labute approximate surface area is 180 Å². The van der Waals surface area contributed by atoms with E-state index in [9.17, 15) is 23.1 Å². The Bertz CT molecular complexity index is 1320. The van der Waals surface area contributed by atoms with E-state index >= 15 is 0 Å². The van der Waals surface area contributed by atoms with Gasteiger partial charge in [-0.05, 0) is 32.3 Å². The predicted octanol–water partition coefficient (Wildman–Crippen LogP) is 1.21. The summed E-state index contributed by atoms with van der Waals surface area (Å²) in [5.74, 6) is -0.117. The second kappa shape index (κ2) is 8.80. The largest absolute Gasteiger partial charge is 0.393 e. The van der Waals surface area contributed by atoms with Crippen molar-refractivity contribution < 1.29 is 13.5 Å². The van der Waals surface area contributed by atoms with E-state index in [2.05, 4.69) is 4.98 Å². The average Bonchev–Trinajstić information content (AvgIpc) is 3.08. The van der Waals surface area contributed by atoms with Crippen LogP contribution in [0.5, 0.6) is 0 Å². The summed E-state index contributed by atoms with van der Waals surface area (Å²) in [7, 11) is -2.31. The summed E-state index contributed by atoms with van der Waals surface area (Å²) < 4.78 is 29.5. The number of nitrogens with zero attached hydrogens (tertiary/aromatic N) is 4. The molecule has 168 valence electrons. The smallest absolute Gasteiger partial charge is 0.332 e. The number of imidazole rings is 1. The van der Waals surface area contributed by atoms with Gasteiger partial charge in [0, 0.05) is 13.6 Å². The molecule has 0 saturated heterocycles. The maximum atomic E-state index is 13.3. The molecule has 31 heavy (non-hydrogen) atoms. The van der Waals surface area contributed by atoms with Crippen molar-refractivity contribution in [3.05, 3.63) is 56.2 Å². The fourth-order valence-corrected chi connectivity index (χ4v) is 4.92. The van der Waals surface area contributed by atoms with Crippen LogP contribution in [-0.2, 0) is 30.0 Å². The first-order chi connectivity index (χ1) is 14.6. The lowest BCUT2D eigenvalue weighted by Crippen LogP contribution is -2.40. The van der Waals surface area contributed by atoms with Crippen LogP contribution in [0.4, 0.5) is 0 Å². The molecule has 9 nitrogen and oxygen atoms in total. The first kappa shape index (κ1) is 23.0. The fraction of sp³-hybridized carbons (Fsp3) is 0.476. The highest BCUT2D eigenvalue weighted by molar-refractivity contribution is 7.91. The van der Waals surface area contributed by atoms with Crippen molar-refractivity contribution in [2.45, 2.75) is 58.0 Å².